The van der Waals surface area contributed by atoms with Crippen molar-refractivity contribution in [3.05, 3.63) is 47.4 Å². The van der Waals surface area contributed by atoms with E-state index in [2.05, 4.69) is 37.1 Å². The Labute approximate surface area is 139 Å². The molecule has 2 aromatic heterocycles. The highest BCUT2D eigenvalue weighted by Crippen LogP contribution is 2.23. The van der Waals surface area contributed by atoms with Crippen molar-refractivity contribution < 1.29 is 0 Å². The van der Waals surface area contributed by atoms with E-state index in [0.29, 0.717) is 5.78 Å². The zero-order valence-electron chi connectivity index (χ0n) is 12.9. The van der Waals surface area contributed by atoms with Crippen LogP contribution in [0.25, 0.3) is 5.78 Å². The summed E-state index contributed by atoms with van der Waals surface area (Å²) in [6.45, 7) is 5.75. The minimum absolute atomic E-state index is 0.650. The number of anilines is 2. The Bertz CT molecular complexity index is 837. The minimum Gasteiger partial charge on any atom is -0.368 e. The molecule has 0 amide bonds. The molecule has 1 aliphatic rings. The zero-order valence-corrected chi connectivity index (χ0v) is 13.6. The molecule has 0 aliphatic carbocycles. The Morgan fingerprint density at radius 1 is 1.04 bits per heavy atom. The van der Waals surface area contributed by atoms with Gasteiger partial charge in [0, 0.05) is 48.6 Å². The quantitative estimate of drug-likeness (QED) is 0.723. The van der Waals surface area contributed by atoms with Gasteiger partial charge in [-0.2, -0.15) is 0 Å². The van der Waals surface area contributed by atoms with E-state index in [9.17, 15) is 0 Å². The maximum atomic E-state index is 6.10. The largest absolute Gasteiger partial charge is 0.368 e. The fraction of sp³-hybridized carbons (Fsp3) is 0.312. The first-order valence-electron chi connectivity index (χ1n) is 7.63. The summed E-state index contributed by atoms with van der Waals surface area (Å²) in [5.41, 5.74) is 2.13. The van der Waals surface area contributed by atoms with Gasteiger partial charge in [-0.05, 0) is 25.1 Å². The first-order valence-corrected chi connectivity index (χ1v) is 8.01. The molecule has 1 saturated heterocycles. The van der Waals surface area contributed by atoms with Crippen molar-refractivity contribution in [1.29, 1.82) is 0 Å². The van der Waals surface area contributed by atoms with E-state index in [1.54, 1.807) is 6.33 Å². The van der Waals surface area contributed by atoms with Crippen LogP contribution in [0.1, 0.15) is 5.69 Å². The standard InChI is InChI=1S/C16H17ClN6/c1-12-9-15(23-11-18-20-16(23)19-12)22-7-5-21(6-8-22)14-4-2-3-13(17)10-14/h2-4,9-11H,5-8H2,1H3. The lowest BCUT2D eigenvalue weighted by atomic mass is 10.2. The lowest BCUT2D eigenvalue weighted by Gasteiger charge is -2.37. The molecule has 1 aromatic carbocycles. The number of aromatic nitrogens is 4. The van der Waals surface area contributed by atoms with E-state index in [1.807, 2.05) is 29.5 Å². The van der Waals surface area contributed by atoms with Gasteiger partial charge in [-0.25, -0.2) is 4.98 Å². The van der Waals surface area contributed by atoms with Gasteiger partial charge in [-0.1, -0.05) is 17.7 Å². The highest BCUT2D eigenvalue weighted by Gasteiger charge is 2.20. The minimum atomic E-state index is 0.650. The predicted molar refractivity (Wildman–Crippen MR) is 91.4 cm³/mol. The second-order valence-corrected chi connectivity index (χ2v) is 6.15. The van der Waals surface area contributed by atoms with E-state index in [0.717, 1.165) is 42.7 Å². The van der Waals surface area contributed by atoms with Crippen molar-refractivity contribution in [3.8, 4) is 0 Å². The van der Waals surface area contributed by atoms with Crippen LogP contribution in [-0.2, 0) is 0 Å². The average molecular weight is 329 g/mol. The summed E-state index contributed by atoms with van der Waals surface area (Å²) >= 11 is 6.10. The molecule has 0 N–H and O–H groups in total. The number of halogens is 1. The average Bonchev–Trinajstić information content (AvgIpc) is 3.02. The van der Waals surface area contributed by atoms with Gasteiger partial charge < -0.3 is 9.80 Å². The van der Waals surface area contributed by atoms with E-state index >= 15 is 0 Å². The third kappa shape index (κ3) is 2.70. The third-order valence-corrected chi connectivity index (χ3v) is 4.40. The van der Waals surface area contributed by atoms with Gasteiger partial charge in [0.1, 0.15) is 12.1 Å². The molecule has 6 nitrogen and oxygen atoms in total. The molecule has 7 heteroatoms. The molecular formula is C16H17ClN6. The molecule has 3 heterocycles. The van der Waals surface area contributed by atoms with Crippen LogP contribution in [-0.4, -0.2) is 45.8 Å². The maximum Gasteiger partial charge on any atom is 0.256 e. The van der Waals surface area contributed by atoms with Crippen LogP contribution in [0.15, 0.2) is 36.7 Å². The van der Waals surface area contributed by atoms with Crippen LogP contribution < -0.4 is 9.80 Å². The van der Waals surface area contributed by atoms with Crippen molar-refractivity contribution in [2.75, 3.05) is 36.0 Å². The van der Waals surface area contributed by atoms with E-state index in [4.69, 9.17) is 11.6 Å². The van der Waals surface area contributed by atoms with Gasteiger partial charge in [-0.15, -0.1) is 10.2 Å². The maximum absolute atomic E-state index is 6.10. The van der Waals surface area contributed by atoms with E-state index in [1.165, 1.54) is 5.69 Å². The molecule has 4 rings (SSSR count). The van der Waals surface area contributed by atoms with E-state index in [-0.39, 0.29) is 0 Å². The van der Waals surface area contributed by atoms with Gasteiger partial charge in [-0.3, -0.25) is 4.40 Å². The Balaban J connectivity index is 1.56. The number of aryl methyl sites for hydroxylation is 1. The number of benzene rings is 1. The number of rotatable bonds is 2. The number of hydrogen-bond acceptors (Lipinski definition) is 5. The molecule has 0 bridgehead atoms. The van der Waals surface area contributed by atoms with Gasteiger partial charge >= 0.3 is 0 Å². The Morgan fingerprint density at radius 2 is 1.83 bits per heavy atom. The fourth-order valence-corrected chi connectivity index (χ4v) is 3.21. The van der Waals surface area contributed by atoms with Crippen molar-refractivity contribution >= 4 is 28.9 Å². The summed E-state index contributed by atoms with van der Waals surface area (Å²) in [4.78, 5) is 9.12. The fourth-order valence-electron chi connectivity index (χ4n) is 3.02. The molecule has 0 atom stereocenters. The molecule has 1 fully saturated rings. The monoisotopic (exact) mass is 328 g/mol. The zero-order chi connectivity index (χ0) is 15.8. The lowest BCUT2D eigenvalue weighted by molar-refractivity contribution is 0.643. The summed E-state index contributed by atoms with van der Waals surface area (Å²) in [7, 11) is 0. The first-order chi connectivity index (χ1) is 11.2. The van der Waals surface area contributed by atoms with Crippen molar-refractivity contribution in [1.82, 2.24) is 19.6 Å². The number of hydrogen-bond donors (Lipinski definition) is 0. The number of nitrogens with zero attached hydrogens (tertiary/aromatic N) is 6. The second-order valence-electron chi connectivity index (χ2n) is 5.71. The molecule has 23 heavy (non-hydrogen) atoms. The van der Waals surface area contributed by atoms with Crippen LogP contribution in [0.5, 0.6) is 0 Å². The third-order valence-electron chi connectivity index (χ3n) is 4.17. The Morgan fingerprint density at radius 3 is 2.61 bits per heavy atom. The van der Waals surface area contributed by atoms with Crippen molar-refractivity contribution in [3.63, 3.8) is 0 Å². The Hall–Kier alpha value is -2.34. The highest BCUT2D eigenvalue weighted by atomic mass is 35.5. The second kappa shape index (κ2) is 5.70. The smallest absolute Gasteiger partial charge is 0.256 e. The van der Waals surface area contributed by atoms with Crippen LogP contribution in [0.3, 0.4) is 0 Å². The van der Waals surface area contributed by atoms with Gasteiger partial charge in [0.15, 0.2) is 0 Å². The lowest BCUT2D eigenvalue weighted by Crippen LogP contribution is -2.47. The summed E-state index contributed by atoms with van der Waals surface area (Å²) in [6, 6.07) is 10.1. The normalized spacial score (nSPS) is 15.4. The van der Waals surface area contributed by atoms with Crippen LogP contribution in [0, 0.1) is 6.92 Å². The molecule has 0 radical (unpaired) electrons. The molecule has 118 valence electrons. The molecule has 0 unspecified atom stereocenters. The van der Waals surface area contributed by atoms with Gasteiger partial charge in [0.2, 0.25) is 0 Å². The summed E-state index contributed by atoms with van der Waals surface area (Å²) in [5.74, 6) is 1.75. The van der Waals surface area contributed by atoms with Crippen LogP contribution in [0.4, 0.5) is 11.5 Å². The van der Waals surface area contributed by atoms with Crippen molar-refractivity contribution in [2.24, 2.45) is 0 Å². The van der Waals surface area contributed by atoms with Crippen LogP contribution in [0.2, 0.25) is 5.02 Å². The Kier molecular flexibility index (Phi) is 3.53. The molecule has 3 aromatic rings. The topological polar surface area (TPSA) is 49.6 Å². The molecular weight excluding hydrogens is 312 g/mol. The molecule has 0 saturated carbocycles. The van der Waals surface area contributed by atoms with Gasteiger partial charge in [0.25, 0.3) is 5.78 Å². The van der Waals surface area contributed by atoms with Crippen molar-refractivity contribution in [2.45, 2.75) is 6.92 Å². The van der Waals surface area contributed by atoms with Crippen LogP contribution >= 0.6 is 11.6 Å². The number of piperazine rings is 1. The highest BCUT2D eigenvalue weighted by molar-refractivity contribution is 6.30. The van der Waals surface area contributed by atoms with E-state index < -0.39 is 0 Å². The van der Waals surface area contributed by atoms with Gasteiger partial charge in [0.05, 0.1) is 0 Å². The summed E-state index contributed by atoms with van der Waals surface area (Å²) in [5, 5.41) is 8.80. The first kappa shape index (κ1) is 14.3. The molecule has 0 spiro atoms. The predicted octanol–water partition coefficient (Wildman–Crippen LogP) is 2.41. The number of fused-ring (bicyclic) bond motifs is 1. The SMILES string of the molecule is Cc1cc(N2CCN(c3cccc(Cl)c3)CC2)n2cnnc2n1. The molecule has 1 aliphatic heterocycles. The summed E-state index contributed by atoms with van der Waals surface area (Å²) in [6.07, 6.45) is 1.72. The summed E-state index contributed by atoms with van der Waals surface area (Å²) < 4.78 is 1.95.